The Morgan fingerprint density at radius 3 is 2.27 bits per heavy atom. The van der Waals surface area contributed by atoms with Crippen molar-refractivity contribution in [2.24, 2.45) is 5.92 Å². The number of likely N-dealkylation sites (tertiary alicyclic amines) is 1. The van der Waals surface area contributed by atoms with Gasteiger partial charge in [0, 0.05) is 36.7 Å². The lowest BCUT2D eigenvalue weighted by Crippen LogP contribution is -2.41. The SMILES string of the molecule is COc1cc2c(cc1OC)C(=O)C(CN1CCC(O)CC1)CC2.Fc1ccc2cc1-2. The van der Waals surface area contributed by atoms with Gasteiger partial charge in [-0.15, -0.1) is 0 Å². The third kappa shape index (κ3) is 4.35. The van der Waals surface area contributed by atoms with Crippen LogP contribution in [-0.2, 0) is 6.42 Å². The summed E-state index contributed by atoms with van der Waals surface area (Å²) in [5.74, 6) is 1.47. The van der Waals surface area contributed by atoms with E-state index in [4.69, 9.17) is 9.47 Å². The lowest BCUT2D eigenvalue weighted by molar-refractivity contribution is 0.0659. The van der Waals surface area contributed by atoms with Gasteiger partial charge in [0.05, 0.1) is 20.3 Å². The van der Waals surface area contributed by atoms with E-state index in [-0.39, 0.29) is 23.6 Å². The molecule has 0 aromatic heterocycles. The number of aliphatic hydroxyl groups excluding tert-OH is 1. The molecule has 1 atom stereocenters. The molecule has 1 heterocycles. The second-order valence-corrected chi connectivity index (χ2v) is 8.19. The molecule has 5 rings (SSSR count). The van der Waals surface area contributed by atoms with Crippen LogP contribution in [0.3, 0.4) is 0 Å². The van der Waals surface area contributed by atoms with Crippen molar-refractivity contribution in [3.05, 3.63) is 47.3 Å². The van der Waals surface area contributed by atoms with Gasteiger partial charge in [-0.2, -0.15) is 0 Å². The highest BCUT2D eigenvalue weighted by Gasteiger charge is 2.31. The van der Waals surface area contributed by atoms with E-state index in [1.54, 1.807) is 20.3 Å². The molecule has 1 aromatic rings. The van der Waals surface area contributed by atoms with Crippen LogP contribution in [0.1, 0.15) is 35.2 Å². The first-order valence-corrected chi connectivity index (χ1v) is 10.5. The molecule has 1 saturated heterocycles. The number of benzene rings is 2. The molecule has 1 aromatic carbocycles. The summed E-state index contributed by atoms with van der Waals surface area (Å²) in [4.78, 5) is 15.2. The third-order valence-electron chi connectivity index (χ3n) is 6.24. The Balaban J connectivity index is 0.000000259. The molecule has 0 bridgehead atoms. The molecule has 1 N–H and O–H groups in total. The highest BCUT2D eigenvalue weighted by atomic mass is 19.1. The first kappa shape index (κ1) is 20.8. The molecule has 0 spiro atoms. The number of piperidine rings is 1. The fourth-order valence-corrected chi connectivity index (χ4v) is 4.34. The van der Waals surface area contributed by atoms with Gasteiger partial charge in [-0.05, 0) is 61.1 Å². The van der Waals surface area contributed by atoms with Crippen LogP contribution in [0.2, 0.25) is 0 Å². The number of carbonyl (C=O) groups is 1. The monoisotopic (exact) mass is 413 g/mol. The number of carbonyl (C=O) groups excluding carboxylic acids is 1. The van der Waals surface area contributed by atoms with Crippen molar-refractivity contribution in [2.75, 3.05) is 33.9 Å². The van der Waals surface area contributed by atoms with E-state index in [9.17, 15) is 14.3 Å². The van der Waals surface area contributed by atoms with Gasteiger partial charge in [-0.3, -0.25) is 4.79 Å². The van der Waals surface area contributed by atoms with Crippen molar-refractivity contribution >= 4 is 5.78 Å². The van der Waals surface area contributed by atoms with Crippen LogP contribution in [0.15, 0.2) is 30.3 Å². The van der Waals surface area contributed by atoms with Crippen molar-refractivity contribution in [3.8, 4) is 22.6 Å². The van der Waals surface area contributed by atoms with Crippen molar-refractivity contribution in [1.82, 2.24) is 4.90 Å². The Morgan fingerprint density at radius 2 is 1.73 bits per heavy atom. The maximum absolute atomic E-state index is 12.9. The predicted molar refractivity (Wildman–Crippen MR) is 113 cm³/mol. The third-order valence-corrected chi connectivity index (χ3v) is 6.24. The molecule has 160 valence electrons. The molecule has 0 saturated carbocycles. The topological polar surface area (TPSA) is 59.0 Å². The summed E-state index contributed by atoms with van der Waals surface area (Å²) in [7, 11) is 3.20. The van der Waals surface area contributed by atoms with Crippen LogP contribution < -0.4 is 9.47 Å². The Hall–Kier alpha value is -2.44. The van der Waals surface area contributed by atoms with Gasteiger partial charge in [0.1, 0.15) is 5.82 Å². The van der Waals surface area contributed by atoms with Gasteiger partial charge in [-0.25, -0.2) is 4.39 Å². The molecule has 0 amide bonds. The number of aryl methyl sites for hydroxylation is 1. The van der Waals surface area contributed by atoms with E-state index in [0.717, 1.165) is 67.6 Å². The fraction of sp³-hybridized carbons (Fsp3) is 0.458. The van der Waals surface area contributed by atoms with Crippen LogP contribution in [0.5, 0.6) is 11.5 Å². The fourth-order valence-electron chi connectivity index (χ4n) is 4.34. The maximum atomic E-state index is 12.9. The smallest absolute Gasteiger partial charge is 0.167 e. The van der Waals surface area contributed by atoms with Crippen LogP contribution >= 0.6 is 0 Å². The molecule has 0 radical (unpaired) electrons. The molecule has 5 nitrogen and oxygen atoms in total. The van der Waals surface area contributed by atoms with E-state index >= 15 is 0 Å². The minimum Gasteiger partial charge on any atom is -0.493 e. The Morgan fingerprint density at radius 1 is 1.03 bits per heavy atom. The van der Waals surface area contributed by atoms with Crippen molar-refractivity contribution in [3.63, 3.8) is 0 Å². The zero-order valence-corrected chi connectivity index (χ0v) is 17.5. The number of aliphatic hydroxyl groups is 1. The Kier molecular flexibility index (Phi) is 6.06. The summed E-state index contributed by atoms with van der Waals surface area (Å²) >= 11 is 0. The van der Waals surface area contributed by atoms with Crippen LogP contribution in [0.4, 0.5) is 4.39 Å². The molecular weight excluding hydrogens is 385 g/mol. The van der Waals surface area contributed by atoms with Crippen molar-refractivity contribution < 1.29 is 23.8 Å². The molecule has 30 heavy (non-hydrogen) atoms. The molecule has 4 aliphatic rings. The molecule has 6 heteroatoms. The lowest BCUT2D eigenvalue weighted by Gasteiger charge is -2.33. The highest BCUT2D eigenvalue weighted by Crippen LogP contribution is 2.37. The molecule has 1 unspecified atom stereocenters. The van der Waals surface area contributed by atoms with Gasteiger partial charge in [-0.1, -0.05) is 6.07 Å². The van der Waals surface area contributed by atoms with Crippen molar-refractivity contribution in [1.29, 1.82) is 0 Å². The number of ketones is 1. The number of halogens is 1. The normalized spacial score (nSPS) is 20.1. The standard InChI is InChI=1S/C18H25NO4.C6H3F/c1-22-16-9-12-3-4-13(11-19-7-5-14(20)6-8-19)18(21)15(12)10-17(16)23-2;7-6-2-1-4-3-5(4)6/h9-10,13-14,20H,3-8,11H2,1-2H3;1-3H. The molecule has 1 fully saturated rings. The Bertz CT molecular complexity index is 937. The van der Waals surface area contributed by atoms with Gasteiger partial charge < -0.3 is 19.5 Å². The maximum Gasteiger partial charge on any atom is 0.167 e. The van der Waals surface area contributed by atoms with Gasteiger partial charge >= 0.3 is 0 Å². The van der Waals surface area contributed by atoms with Crippen LogP contribution in [0.25, 0.3) is 11.1 Å². The van der Waals surface area contributed by atoms with Gasteiger partial charge in [0.15, 0.2) is 17.3 Å². The first-order chi connectivity index (χ1) is 14.5. The Labute approximate surface area is 176 Å². The number of ether oxygens (including phenoxy) is 2. The first-order valence-electron chi connectivity index (χ1n) is 10.5. The number of hydrogen-bond acceptors (Lipinski definition) is 5. The number of nitrogens with zero attached hydrogens (tertiary/aromatic N) is 1. The van der Waals surface area contributed by atoms with E-state index < -0.39 is 0 Å². The zero-order chi connectivity index (χ0) is 21.3. The van der Waals surface area contributed by atoms with E-state index in [1.807, 2.05) is 18.2 Å². The number of rotatable bonds is 4. The minimum atomic E-state index is -0.175. The van der Waals surface area contributed by atoms with Crippen LogP contribution in [0, 0.1) is 11.7 Å². The average Bonchev–Trinajstić information content (AvgIpc) is 3.47. The molecular formula is C24H28FNO4. The molecule has 3 aliphatic carbocycles. The highest BCUT2D eigenvalue weighted by molar-refractivity contribution is 6.01. The quantitative estimate of drug-likeness (QED) is 0.707. The van der Waals surface area contributed by atoms with E-state index in [1.165, 1.54) is 6.07 Å². The van der Waals surface area contributed by atoms with Crippen molar-refractivity contribution in [2.45, 2.75) is 31.8 Å². The minimum absolute atomic E-state index is 0.0378. The summed E-state index contributed by atoms with van der Waals surface area (Å²) in [5.41, 5.74) is 3.70. The van der Waals surface area contributed by atoms with Gasteiger partial charge in [0.25, 0.3) is 0 Å². The number of hydrogen-bond donors (Lipinski definition) is 1. The second-order valence-electron chi connectivity index (χ2n) is 8.19. The summed E-state index contributed by atoms with van der Waals surface area (Å²) in [5, 5.41) is 9.60. The summed E-state index contributed by atoms with van der Waals surface area (Å²) in [6.07, 6.45) is 3.21. The zero-order valence-electron chi connectivity index (χ0n) is 17.5. The summed E-state index contributed by atoms with van der Waals surface area (Å²) in [6.45, 7) is 2.55. The molecule has 1 aliphatic heterocycles. The predicted octanol–water partition coefficient (Wildman–Crippen LogP) is 3.71. The van der Waals surface area contributed by atoms with Crippen LogP contribution in [-0.4, -0.2) is 55.7 Å². The number of methoxy groups -OCH3 is 2. The van der Waals surface area contributed by atoms with E-state index in [2.05, 4.69) is 4.90 Å². The average molecular weight is 413 g/mol. The summed E-state index contributed by atoms with van der Waals surface area (Å²) in [6, 6.07) is 8.85. The summed E-state index contributed by atoms with van der Waals surface area (Å²) < 4.78 is 22.8. The number of Topliss-reactive ketones (excluding diaryl/α,β-unsaturated/α-hetero) is 1. The second kappa shape index (κ2) is 8.74. The number of fused-ring (bicyclic) bond motifs is 2. The largest absolute Gasteiger partial charge is 0.493 e. The van der Waals surface area contributed by atoms with Gasteiger partial charge in [0.2, 0.25) is 0 Å². The van der Waals surface area contributed by atoms with E-state index in [0.29, 0.717) is 11.5 Å². The lowest BCUT2D eigenvalue weighted by atomic mass is 9.82.